The molecule has 1 aliphatic rings. The monoisotopic (exact) mass is 263 g/mol. The average molecular weight is 263 g/mol. The van der Waals surface area contributed by atoms with E-state index in [1.165, 1.54) is 53.5 Å². The number of fused-ring (bicyclic) bond motifs is 3. The fourth-order valence-corrected chi connectivity index (χ4v) is 3.36. The molecular formula is C20H23. The summed E-state index contributed by atoms with van der Waals surface area (Å²) in [7, 11) is 0. The third-order valence-electron chi connectivity index (χ3n) is 4.48. The van der Waals surface area contributed by atoms with Crippen molar-refractivity contribution >= 4 is 0 Å². The first-order valence-corrected chi connectivity index (χ1v) is 7.84. The molecule has 3 rings (SSSR count). The summed E-state index contributed by atoms with van der Waals surface area (Å²) < 4.78 is 0. The van der Waals surface area contributed by atoms with Crippen LogP contribution in [0.5, 0.6) is 0 Å². The summed E-state index contributed by atoms with van der Waals surface area (Å²) >= 11 is 0. The molecule has 0 nitrogen and oxygen atoms in total. The first kappa shape index (κ1) is 13.4. The molecule has 0 saturated carbocycles. The fourth-order valence-electron chi connectivity index (χ4n) is 3.36. The summed E-state index contributed by atoms with van der Waals surface area (Å²) in [5, 5.41) is 0. The van der Waals surface area contributed by atoms with Crippen LogP contribution in [0.4, 0.5) is 0 Å². The molecule has 1 unspecified atom stereocenters. The predicted molar refractivity (Wildman–Crippen MR) is 86.9 cm³/mol. The largest absolute Gasteiger partial charge is 0.0654 e. The SMILES string of the molecule is [CH2]C(CCCCC)c1cccc2c1Cc1ccccc1-2. The summed E-state index contributed by atoms with van der Waals surface area (Å²) in [5.74, 6) is 0.436. The van der Waals surface area contributed by atoms with Gasteiger partial charge in [-0.15, -0.1) is 0 Å². The molecule has 0 fully saturated rings. The van der Waals surface area contributed by atoms with Crippen LogP contribution in [0.25, 0.3) is 11.1 Å². The maximum Gasteiger partial charge on any atom is -0.00106 e. The second kappa shape index (κ2) is 5.83. The van der Waals surface area contributed by atoms with Gasteiger partial charge < -0.3 is 0 Å². The van der Waals surface area contributed by atoms with Gasteiger partial charge in [0, 0.05) is 0 Å². The second-order valence-electron chi connectivity index (χ2n) is 5.90. The van der Waals surface area contributed by atoms with Gasteiger partial charge >= 0.3 is 0 Å². The lowest BCUT2D eigenvalue weighted by Gasteiger charge is -2.16. The summed E-state index contributed by atoms with van der Waals surface area (Å²) in [6, 6.07) is 15.6. The number of rotatable bonds is 5. The molecule has 2 aromatic carbocycles. The molecule has 1 radical (unpaired) electrons. The average Bonchev–Trinajstić information content (AvgIpc) is 2.86. The van der Waals surface area contributed by atoms with Crippen molar-refractivity contribution in [1.82, 2.24) is 0 Å². The van der Waals surface area contributed by atoms with Crippen molar-refractivity contribution in [2.75, 3.05) is 0 Å². The maximum absolute atomic E-state index is 4.42. The van der Waals surface area contributed by atoms with Crippen molar-refractivity contribution in [2.24, 2.45) is 0 Å². The number of benzene rings is 2. The highest BCUT2D eigenvalue weighted by Gasteiger charge is 2.22. The number of hydrogen-bond acceptors (Lipinski definition) is 0. The van der Waals surface area contributed by atoms with Crippen LogP contribution in [0, 0.1) is 6.92 Å². The van der Waals surface area contributed by atoms with Crippen LogP contribution in [0.15, 0.2) is 42.5 Å². The Labute approximate surface area is 122 Å². The lowest BCUT2D eigenvalue weighted by atomic mass is 9.89. The normalized spacial score (nSPS) is 13.9. The van der Waals surface area contributed by atoms with E-state index in [2.05, 4.69) is 56.3 Å². The third-order valence-corrected chi connectivity index (χ3v) is 4.48. The Morgan fingerprint density at radius 1 is 1.00 bits per heavy atom. The zero-order valence-electron chi connectivity index (χ0n) is 12.4. The van der Waals surface area contributed by atoms with Gasteiger partial charge in [0.05, 0.1) is 0 Å². The highest BCUT2D eigenvalue weighted by atomic mass is 14.3. The molecule has 20 heavy (non-hydrogen) atoms. The lowest BCUT2D eigenvalue weighted by Crippen LogP contribution is -1.99. The molecule has 0 heterocycles. The molecule has 0 heteroatoms. The molecule has 0 aliphatic heterocycles. The summed E-state index contributed by atoms with van der Waals surface area (Å²) in [6.45, 7) is 6.68. The van der Waals surface area contributed by atoms with Crippen LogP contribution in [-0.4, -0.2) is 0 Å². The van der Waals surface area contributed by atoms with Gasteiger partial charge in [-0.2, -0.15) is 0 Å². The predicted octanol–water partition coefficient (Wildman–Crippen LogP) is 5.76. The quantitative estimate of drug-likeness (QED) is 0.514. The van der Waals surface area contributed by atoms with Crippen LogP contribution in [-0.2, 0) is 6.42 Å². The first-order chi connectivity index (χ1) is 9.81. The van der Waals surface area contributed by atoms with Gasteiger partial charge in [-0.1, -0.05) is 68.7 Å². The van der Waals surface area contributed by atoms with Crippen molar-refractivity contribution in [1.29, 1.82) is 0 Å². The summed E-state index contributed by atoms with van der Waals surface area (Å²) in [5.41, 5.74) is 7.31. The van der Waals surface area contributed by atoms with E-state index >= 15 is 0 Å². The van der Waals surface area contributed by atoms with Crippen LogP contribution in [0.2, 0.25) is 0 Å². The van der Waals surface area contributed by atoms with Gasteiger partial charge in [0.15, 0.2) is 0 Å². The van der Waals surface area contributed by atoms with Crippen molar-refractivity contribution < 1.29 is 0 Å². The highest BCUT2D eigenvalue weighted by Crippen LogP contribution is 2.40. The van der Waals surface area contributed by atoms with Crippen LogP contribution >= 0.6 is 0 Å². The van der Waals surface area contributed by atoms with Crippen LogP contribution in [0.1, 0.15) is 55.2 Å². The number of hydrogen-bond donors (Lipinski definition) is 0. The Kier molecular flexibility index (Phi) is 3.91. The molecule has 0 bridgehead atoms. The van der Waals surface area contributed by atoms with E-state index in [1.54, 1.807) is 0 Å². The second-order valence-corrected chi connectivity index (χ2v) is 5.90. The Morgan fingerprint density at radius 2 is 1.80 bits per heavy atom. The molecule has 0 N–H and O–H groups in total. The molecule has 1 atom stereocenters. The highest BCUT2D eigenvalue weighted by molar-refractivity contribution is 5.78. The van der Waals surface area contributed by atoms with Gasteiger partial charge in [0.1, 0.15) is 0 Å². The maximum atomic E-state index is 4.42. The van der Waals surface area contributed by atoms with Crippen LogP contribution < -0.4 is 0 Å². The Bertz CT molecular complexity index is 595. The summed E-state index contributed by atoms with van der Waals surface area (Å²) in [6.07, 6.45) is 6.19. The zero-order valence-corrected chi connectivity index (χ0v) is 12.4. The zero-order chi connectivity index (χ0) is 13.9. The van der Waals surface area contributed by atoms with E-state index in [9.17, 15) is 0 Å². The lowest BCUT2D eigenvalue weighted by molar-refractivity contribution is 0.624. The topological polar surface area (TPSA) is 0 Å². The minimum Gasteiger partial charge on any atom is -0.0654 e. The minimum absolute atomic E-state index is 0.436. The van der Waals surface area contributed by atoms with Crippen molar-refractivity contribution in [3.8, 4) is 11.1 Å². The van der Waals surface area contributed by atoms with E-state index < -0.39 is 0 Å². The first-order valence-electron chi connectivity index (χ1n) is 7.84. The standard InChI is InChI=1S/C20H23/c1-3-4-5-9-15(2)17-12-8-13-19-18-11-7-6-10-16(18)14-20(17)19/h6-8,10-13,15H,2-5,9,14H2,1H3. The van der Waals surface area contributed by atoms with E-state index in [1.807, 2.05) is 0 Å². The molecule has 0 spiro atoms. The molecule has 1 aliphatic carbocycles. The van der Waals surface area contributed by atoms with Crippen molar-refractivity contribution in [3.63, 3.8) is 0 Å². The smallest absolute Gasteiger partial charge is 0.00106 e. The number of unbranched alkanes of at least 4 members (excludes halogenated alkanes) is 2. The molecule has 0 aromatic heterocycles. The molecular weight excluding hydrogens is 240 g/mol. The molecule has 103 valence electrons. The van der Waals surface area contributed by atoms with Gasteiger partial charge in [0.25, 0.3) is 0 Å². The molecule has 2 aromatic rings. The minimum atomic E-state index is 0.436. The molecule has 0 amide bonds. The van der Waals surface area contributed by atoms with E-state index in [-0.39, 0.29) is 0 Å². The Morgan fingerprint density at radius 3 is 2.65 bits per heavy atom. The van der Waals surface area contributed by atoms with Gasteiger partial charge in [-0.25, -0.2) is 0 Å². The van der Waals surface area contributed by atoms with Gasteiger partial charge in [-0.3, -0.25) is 0 Å². The van der Waals surface area contributed by atoms with Crippen molar-refractivity contribution in [2.45, 2.75) is 44.9 Å². The fraction of sp³-hybridized carbons (Fsp3) is 0.350. The van der Waals surface area contributed by atoms with Gasteiger partial charge in [-0.05, 0) is 53.5 Å². The molecule has 0 saturated heterocycles. The van der Waals surface area contributed by atoms with Crippen molar-refractivity contribution in [3.05, 3.63) is 66.1 Å². The Hall–Kier alpha value is -1.56. The van der Waals surface area contributed by atoms with Crippen LogP contribution in [0.3, 0.4) is 0 Å². The van der Waals surface area contributed by atoms with E-state index in [4.69, 9.17) is 0 Å². The summed E-state index contributed by atoms with van der Waals surface area (Å²) in [4.78, 5) is 0. The van der Waals surface area contributed by atoms with E-state index in [0.717, 1.165) is 6.42 Å². The van der Waals surface area contributed by atoms with E-state index in [0.29, 0.717) is 5.92 Å². The Balaban J connectivity index is 1.89. The third kappa shape index (κ3) is 2.40. The van der Waals surface area contributed by atoms with Gasteiger partial charge in [0.2, 0.25) is 0 Å².